The van der Waals surface area contributed by atoms with Gasteiger partial charge < -0.3 is 10.1 Å². The average molecular weight is 429 g/mol. The maximum atomic E-state index is 13.0. The third-order valence-corrected chi connectivity index (χ3v) is 5.71. The van der Waals surface area contributed by atoms with Crippen LogP contribution in [0.15, 0.2) is 70.0 Å². The number of benzene rings is 2. The maximum Gasteiger partial charge on any atom is 0.288 e. The Kier molecular flexibility index (Phi) is 6.50. The van der Waals surface area contributed by atoms with Crippen LogP contribution in [0.1, 0.15) is 11.4 Å². The molecular weight excluding hydrogens is 408 g/mol. The summed E-state index contributed by atoms with van der Waals surface area (Å²) in [5.74, 6) is 1.02. The van der Waals surface area contributed by atoms with Gasteiger partial charge in [0, 0.05) is 11.4 Å². The van der Waals surface area contributed by atoms with E-state index < -0.39 is 10.0 Å². The lowest BCUT2D eigenvalue weighted by molar-refractivity contribution is 0.467. The van der Waals surface area contributed by atoms with Crippen molar-refractivity contribution in [2.75, 3.05) is 11.6 Å². The smallest absolute Gasteiger partial charge is 0.288 e. The SMILES string of the molecule is CS/C(=N\S(=O)(=O)c1ccccc1Oc1ccccc1)Nc1nc(C)cc(C)n1. The molecule has 0 saturated heterocycles. The van der Waals surface area contributed by atoms with Crippen molar-refractivity contribution in [3.05, 3.63) is 72.1 Å². The van der Waals surface area contributed by atoms with Gasteiger partial charge in [-0.15, -0.1) is 4.40 Å². The minimum absolute atomic E-state index is 0.0291. The molecule has 3 rings (SSSR count). The third kappa shape index (κ3) is 5.55. The van der Waals surface area contributed by atoms with Gasteiger partial charge in [0.1, 0.15) is 16.4 Å². The second-order valence-corrected chi connectivity index (χ2v) is 8.40. The molecule has 0 amide bonds. The number of rotatable bonds is 5. The van der Waals surface area contributed by atoms with Crippen LogP contribution in [0.5, 0.6) is 11.5 Å². The molecule has 0 radical (unpaired) electrons. The number of hydrogen-bond acceptors (Lipinski definition) is 6. The van der Waals surface area contributed by atoms with Crippen LogP contribution < -0.4 is 10.1 Å². The molecule has 1 N–H and O–H groups in total. The van der Waals surface area contributed by atoms with Crippen LogP contribution in [-0.2, 0) is 10.0 Å². The van der Waals surface area contributed by atoms with Crippen LogP contribution in [0, 0.1) is 13.8 Å². The Morgan fingerprint density at radius 2 is 1.62 bits per heavy atom. The highest BCUT2D eigenvalue weighted by Crippen LogP contribution is 2.30. The highest BCUT2D eigenvalue weighted by atomic mass is 32.2. The molecule has 1 aromatic heterocycles. The van der Waals surface area contributed by atoms with E-state index in [9.17, 15) is 8.42 Å². The second kappa shape index (κ2) is 9.06. The number of para-hydroxylation sites is 2. The molecular formula is C20H20N4O3S2. The maximum absolute atomic E-state index is 13.0. The van der Waals surface area contributed by atoms with E-state index in [1.54, 1.807) is 36.6 Å². The highest BCUT2D eigenvalue weighted by molar-refractivity contribution is 8.14. The lowest BCUT2D eigenvalue weighted by Gasteiger charge is -2.11. The fourth-order valence-corrected chi connectivity index (χ4v) is 4.27. The molecule has 2 aromatic carbocycles. The molecule has 7 nitrogen and oxygen atoms in total. The minimum atomic E-state index is -4.04. The van der Waals surface area contributed by atoms with Gasteiger partial charge in [-0.2, -0.15) is 8.42 Å². The van der Waals surface area contributed by atoms with Crippen molar-refractivity contribution in [3.63, 3.8) is 0 Å². The summed E-state index contributed by atoms with van der Waals surface area (Å²) < 4.78 is 35.6. The van der Waals surface area contributed by atoms with E-state index in [2.05, 4.69) is 19.7 Å². The normalized spacial score (nSPS) is 11.9. The number of hydrogen-bond donors (Lipinski definition) is 1. The first kappa shape index (κ1) is 20.8. The number of amidine groups is 1. The zero-order valence-corrected chi connectivity index (χ0v) is 17.8. The van der Waals surface area contributed by atoms with Crippen molar-refractivity contribution in [1.29, 1.82) is 0 Å². The van der Waals surface area contributed by atoms with Crippen LogP contribution in [0.2, 0.25) is 0 Å². The number of ether oxygens (including phenoxy) is 1. The van der Waals surface area contributed by atoms with Gasteiger partial charge in [-0.1, -0.05) is 42.1 Å². The Morgan fingerprint density at radius 1 is 1.00 bits per heavy atom. The Hall–Kier alpha value is -2.91. The lowest BCUT2D eigenvalue weighted by Crippen LogP contribution is -2.14. The Bertz CT molecular complexity index is 1110. The molecule has 0 aliphatic rings. The number of sulfonamides is 1. The Labute approximate surface area is 174 Å². The first-order chi connectivity index (χ1) is 13.9. The molecule has 1 heterocycles. The fraction of sp³-hybridized carbons (Fsp3) is 0.150. The predicted molar refractivity (Wildman–Crippen MR) is 116 cm³/mol. The molecule has 0 fully saturated rings. The summed E-state index contributed by atoms with van der Waals surface area (Å²) in [7, 11) is -4.04. The van der Waals surface area contributed by atoms with Gasteiger partial charge in [0.15, 0.2) is 5.17 Å². The molecule has 0 aliphatic carbocycles. The summed E-state index contributed by atoms with van der Waals surface area (Å²) >= 11 is 1.15. The van der Waals surface area contributed by atoms with E-state index >= 15 is 0 Å². The number of anilines is 1. The van der Waals surface area contributed by atoms with Crippen LogP contribution in [0.4, 0.5) is 5.95 Å². The van der Waals surface area contributed by atoms with Gasteiger partial charge in [0.05, 0.1) is 0 Å². The van der Waals surface area contributed by atoms with Gasteiger partial charge >= 0.3 is 0 Å². The quantitative estimate of drug-likeness (QED) is 0.475. The Morgan fingerprint density at radius 3 is 2.28 bits per heavy atom. The summed E-state index contributed by atoms with van der Waals surface area (Å²) in [6.45, 7) is 3.67. The number of aromatic nitrogens is 2. The summed E-state index contributed by atoms with van der Waals surface area (Å²) in [6.07, 6.45) is 1.72. The van der Waals surface area contributed by atoms with Gasteiger partial charge in [0.25, 0.3) is 10.0 Å². The molecule has 9 heteroatoms. The first-order valence-corrected chi connectivity index (χ1v) is 11.3. The molecule has 0 bridgehead atoms. The number of nitrogens with zero attached hydrogens (tertiary/aromatic N) is 3. The topological polar surface area (TPSA) is 93.5 Å². The number of thioether (sulfide) groups is 1. The largest absolute Gasteiger partial charge is 0.456 e. The van der Waals surface area contributed by atoms with Gasteiger partial charge in [-0.3, -0.25) is 0 Å². The van der Waals surface area contributed by atoms with E-state index in [1.807, 2.05) is 38.1 Å². The van der Waals surface area contributed by atoms with Gasteiger partial charge in [0.2, 0.25) is 5.95 Å². The van der Waals surface area contributed by atoms with Crippen LogP contribution >= 0.6 is 11.8 Å². The number of aryl methyl sites for hydroxylation is 2. The predicted octanol–water partition coefficient (Wildman–Crippen LogP) is 4.41. The molecule has 0 spiro atoms. The average Bonchev–Trinajstić information content (AvgIpc) is 2.67. The summed E-state index contributed by atoms with van der Waals surface area (Å²) in [4.78, 5) is 8.49. The summed E-state index contributed by atoms with van der Waals surface area (Å²) in [6, 6.07) is 17.2. The van der Waals surface area contributed by atoms with Crippen molar-refractivity contribution in [2.45, 2.75) is 18.7 Å². The van der Waals surface area contributed by atoms with E-state index in [0.29, 0.717) is 11.7 Å². The third-order valence-electron chi connectivity index (χ3n) is 3.70. The second-order valence-electron chi connectivity index (χ2n) is 6.04. The van der Waals surface area contributed by atoms with Crippen LogP contribution in [0.25, 0.3) is 0 Å². The molecule has 150 valence electrons. The monoisotopic (exact) mass is 428 g/mol. The molecule has 0 atom stereocenters. The van der Waals surface area contributed by atoms with Gasteiger partial charge in [-0.05, 0) is 50.4 Å². The van der Waals surface area contributed by atoms with Crippen LogP contribution in [0.3, 0.4) is 0 Å². The number of nitrogens with one attached hydrogen (secondary N) is 1. The van der Waals surface area contributed by atoms with Gasteiger partial charge in [-0.25, -0.2) is 9.97 Å². The van der Waals surface area contributed by atoms with Crippen molar-refractivity contribution in [1.82, 2.24) is 9.97 Å². The van der Waals surface area contributed by atoms with Crippen LogP contribution in [-0.4, -0.2) is 29.8 Å². The lowest BCUT2D eigenvalue weighted by atomic mass is 10.3. The molecule has 0 saturated carbocycles. The summed E-state index contributed by atoms with van der Waals surface area (Å²) in [5.41, 5.74) is 1.54. The standard InChI is InChI=1S/C20H20N4O3S2/c1-14-13-15(2)22-19(21-14)23-20(28-3)24-29(25,26)18-12-8-7-11-17(18)27-16-9-5-4-6-10-16/h4-13H,1-3H3,(H,21,22,23,24). The molecule has 3 aromatic rings. The first-order valence-electron chi connectivity index (χ1n) is 8.67. The fourth-order valence-electron chi connectivity index (χ4n) is 2.51. The zero-order chi connectivity index (χ0) is 20.9. The van der Waals surface area contributed by atoms with Crippen molar-refractivity contribution in [3.8, 4) is 11.5 Å². The molecule has 29 heavy (non-hydrogen) atoms. The molecule has 0 unspecified atom stereocenters. The minimum Gasteiger partial charge on any atom is -0.456 e. The van der Waals surface area contributed by atoms with Crippen molar-refractivity contribution < 1.29 is 13.2 Å². The van der Waals surface area contributed by atoms with E-state index in [-0.39, 0.29) is 15.8 Å². The van der Waals surface area contributed by atoms with E-state index in [0.717, 1.165) is 23.1 Å². The Balaban J connectivity index is 1.93. The summed E-state index contributed by atoms with van der Waals surface area (Å²) in [5, 5.41) is 3.03. The molecule has 0 aliphatic heterocycles. The van der Waals surface area contributed by atoms with Crippen molar-refractivity contribution >= 4 is 32.9 Å². The van der Waals surface area contributed by atoms with E-state index in [4.69, 9.17) is 4.74 Å². The van der Waals surface area contributed by atoms with E-state index in [1.165, 1.54) is 6.07 Å². The zero-order valence-electron chi connectivity index (χ0n) is 16.2. The van der Waals surface area contributed by atoms with Crippen molar-refractivity contribution in [2.24, 2.45) is 4.40 Å². The highest BCUT2D eigenvalue weighted by Gasteiger charge is 2.20.